The Morgan fingerprint density at radius 1 is 1.42 bits per heavy atom. The molecule has 104 valence electrons. The lowest BCUT2D eigenvalue weighted by atomic mass is 10.2. The first kappa shape index (κ1) is 15.9. The number of pyridine rings is 1. The molecule has 0 radical (unpaired) electrons. The molecule has 0 atom stereocenters. The maximum absolute atomic E-state index is 11.2. The lowest BCUT2D eigenvalue weighted by Gasteiger charge is -2.04. The number of carbonyl (C=O) groups excluding carboxylic acids is 1. The molecule has 0 unspecified atom stereocenters. The largest absolute Gasteiger partial charge is 0.466 e. The van der Waals surface area contributed by atoms with Gasteiger partial charge in [0.15, 0.2) is 0 Å². The van der Waals surface area contributed by atoms with Crippen molar-refractivity contribution >= 4 is 34.9 Å². The summed E-state index contributed by atoms with van der Waals surface area (Å²) < 4.78 is 4.85. The van der Waals surface area contributed by atoms with E-state index in [0.717, 1.165) is 11.3 Å². The van der Waals surface area contributed by atoms with Crippen LogP contribution in [0.2, 0.25) is 5.15 Å². The number of hydrogen-bond acceptors (Lipinski definition) is 4. The Balaban J connectivity index is 2.47. The maximum atomic E-state index is 11.2. The molecule has 0 saturated carbocycles. The Bertz CT molecular complexity index is 433. The number of ether oxygens (including phenoxy) is 1. The maximum Gasteiger partial charge on any atom is 0.306 e. The lowest BCUT2D eigenvalue weighted by Crippen LogP contribution is -2.09. The smallest absolute Gasteiger partial charge is 0.306 e. The summed E-state index contributed by atoms with van der Waals surface area (Å²) in [4.78, 5) is 19.6. The van der Waals surface area contributed by atoms with Crippen LogP contribution in [0.25, 0.3) is 0 Å². The molecule has 0 saturated heterocycles. The van der Waals surface area contributed by atoms with Gasteiger partial charge in [0.25, 0.3) is 0 Å². The Morgan fingerprint density at radius 3 is 2.79 bits per heavy atom. The van der Waals surface area contributed by atoms with E-state index in [0.29, 0.717) is 37.0 Å². The first-order chi connectivity index (χ1) is 9.15. The number of hydrogen-bond donors (Lipinski definition) is 0. The van der Waals surface area contributed by atoms with Crippen molar-refractivity contribution < 1.29 is 9.53 Å². The summed E-state index contributed by atoms with van der Waals surface area (Å²) in [6, 6.07) is 3.57. The first-order valence-corrected chi connectivity index (χ1v) is 6.91. The number of halogens is 2. The van der Waals surface area contributed by atoms with Gasteiger partial charge in [-0.15, -0.1) is 11.6 Å². The van der Waals surface area contributed by atoms with E-state index in [-0.39, 0.29) is 5.97 Å². The summed E-state index contributed by atoms with van der Waals surface area (Å²) in [5.41, 5.74) is 1.73. The summed E-state index contributed by atoms with van der Waals surface area (Å²) >= 11 is 11.5. The van der Waals surface area contributed by atoms with Crippen LogP contribution in [0.5, 0.6) is 0 Å². The molecule has 0 aromatic carbocycles. The van der Waals surface area contributed by atoms with Crippen molar-refractivity contribution in [2.45, 2.75) is 26.3 Å². The second-order valence-corrected chi connectivity index (χ2v) is 4.46. The van der Waals surface area contributed by atoms with Crippen LogP contribution in [0, 0.1) is 0 Å². The molecule has 1 heterocycles. The van der Waals surface area contributed by atoms with Gasteiger partial charge in [0, 0.05) is 11.9 Å². The first-order valence-electron chi connectivity index (χ1n) is 6.00. The molecule has 1 aromatic rings. The van der Waals surface area contributed by atoms with Gasteiger partial charge in [0.2, 0.25) is 0 Å². The summed E-state index contributed by atoms with van der Waals surface area (Å²) in [5, 5.41) is 0.451. The third-order valence-electron chi connectivity index (χ3n) is 2.35. The van der Waals surface area contributed by atoms with E-state index in [4.69, 9.17) is 27.9 Å². The number of aromatic nitrogens is 1. The predicted molar refractivity (Wildman–Crippen MR) is 77.0 cm³/mol. The van der Waals surface area contributed by atoms with Crippen LogP contribution >= 0.6 is 23.2 Å². The van der Waals surface area contributed by atoms with Crippen LogP contribution in [0.3, 0.4) is 0 Å². The van der Waals surface area contributed by atoms with Gasteiger partial charge in [-0.1, -0.05) is 17.7 Å². The highest BCUT2D eigenvalue weighted by Gasteiger charge is 2.05. The average molecular weight is 303 g/mol. The third-order valence-corrected chi connectivity index (χ3v) is 2.88. The number of carbonyl (C=O) groups is 1. The second kappa shape index (κ2) is 8.88. The topological polar surface area (TPSA) is 51.5 Å². The van der Waals surface area contributed by atoms with Crippen molar-refractivity contribution in [2.75, 3.05) is 12.5 Å². The molecule has 0 N–H and O–H groups in total. The molecule has 0 fully saturated rings. The third kappa shape index (κ3) is 6.55. The molecule has 0 amide bonds. The molecule has 0 bridgehead atoms. The Morgan fingerprint density at radius 2 is 2.21 bits per heavy atom. The van der Waals surface area contributed by atoms with Crippen molar-refractivity contribution in [3.8, 4) is 0 Å². The monoisotopic (exact) mass is 302 g/mol. The molecule has 0 aliphatic rings. The van der Waals surface area contributed by atoms with Crippen molar-refractivity contribution in [3.05, 3.63) is 29.0 Å². The predicted octanol–water partition coefficient (Wildman–Crippen LogP) is 3.26. The summed E-state index contributed by atoms with van der Waals surface area (Å²) in [5.74, 6) is 0.0777. The number of alkyl halides is 1. The fourth-order valence-corrected chi connectivity index (χ4v) is 1.70. The van der Waals surface area contributed by atoms with Crippen LogP contribution in [0.4, 0.5) is 0 Å². The number of esters is 1. The molecule has 4 nitrogen and oxygen atoms in total. The Kier molecular flexibility index (Phi) is 7.45. The van der Waals surface area contributed by atoms with Crippen LogP contribution < -0.4 is 0 Å². The van der Waals surface area contributed by atoms with Gasteiger partial charge in [-0.2, -0.15) is 0 Å². The van der Waals surface area contributed by atoms with Crippen LogP contribution in [0.15, 0.2) is 23.3 Å². The fraction of sp³-hybridized carbons (Fsp3) is 0.462. The van der Waals surface area contributed by atoms with Crippen LogP contribution in [-0.2, 0) is 16.1 Å². The molecule has 6 heteroatoms. The highest BCUT2D eigenvalue weighted by molar-refractivity contribution is 6.29. The minimum atomic E-state index is -0.228. The molecular weight excluding hydrogens is 287 g/mol. The van der Waals surface area contributed by atoms with Gasteiger partial charge in [0.1, 0.15) is 5.15 Å². The van der Waals surface area contributed by atoms with E-state index < -0.39 is 0 Å². The molecule has 0 aliphatic heterocycles. The van der Waals surface area contributed by atoms with E-state index in [1.807, 2.05) is 6.07 Å². The molecule has 0 spiro atoms. The Labute approximate surface area is 122 Å². The molecule has 0 aliphatic carbocycles. The van der Waals surface area contributed by atoms with Crippen molar-refractivity contribution in [1.29, 1.82) is 0 Å². The van der Waals surface area contributed by atoms with E-state index in [9.17, 15) is 4.79 Å². The quantitative estimate of drug-likeness (QED) is 0.336. The zero-order chi connectivity index (χ0) is 14.1. The molecule has 1 rings (SSSR count). The Hall–Kier alpha value is -1.13. The van der Waals surface area contributed by atoms with Gasteiger partial charge in [0.05, 0.1) is 25.5 Å². The number of nitrogens with zero attached hydrogens (tertiary/aromatic N) is 2. The van der Waals surface area contributed by atoms with Gasteiger partial charge in [-0.25, -0.2) is 4.98 Å². The van der Waals surface area contributed by atoms with Crippen molar-refractivity contribution in [1.82, 2.24) is 4.98 Å². The molecular formula is C13H16Cl2N2O2. The molecule has 1 aromatic heterocycles. The fourth-order valence-electron chi connectivity index (χ4n) is 1.37. The van der Waals surface area contributed by atoms with Crippen molar-refractivity contribution in [2.24, 2.45) is 4.99 Å². The summed E-state index contributed by atoms with van der Waals surface area (Å²) in [7, 11) is 0. The van der Waals surface area contributed by atoms with E-state index in [1.54, 1.807) is 19.2 Å². The standard InChI is InChI=1S/C13H16Cl2N2O2/c1-2-19-13(18)6-4-11(7-14)16-8-10-3-5-12(15)17-9-10/h3,5,9H,2,4,6-8H2,1H3. The van der Waals surface area contributed by atoms with Gasteiger partial charge in [-0.05, 0) is 25.0 Å². The SMILES string of the molecule is CCOC(=O)CCC(CCl)=NCc1ccc(Cl)nc1. The molecule has 19 heavy (non-hydrogen) atoms. The van der Waals surface area contributed by atoms with Gasteiger partial charge >= 0.3 is 5.97 Å². The minimum absolute atomic E-state index is 0.228. The van der Waals surface area contributed by atoms with E-state index in [1.165, 1.54) is 0 Å². The number of rotatable bonds is 7. The minimum Gasteiger partial charge on any atom is -0.466 e. The van der Waals surface area contributed by atoms with Crippen LogP contribution in [-0.4, -0.2) is 29.2 Å². The van der Waals surface area contributed by atoms with E-state index >= 15 is 0 Å². The highest BCUT2D eigenvalue weighted by Crippen LogP contribution is 2.07. The normalized spacial score (nSPS) is 11.4. The summed E-state index contributed by atoms with van der Waals surface area (Å²) in [6.07, 6.45) is 2.49. The van der Waals surface area contributed by atoms with Gasteiger partial charge < -0.3 is 4.74 Å². The van der Waals surface area contributed by atoms with Gasteiger partial charge in [-0.3, -0.25) is 9.79 Å². The van der Waals surface area contributed by atoms with Crippen LogP contribution in [0.1, 0.15) is 25.3 Å². The number of aliphatic imine (C=N–C) groups is 1. The van der Waals surface area contributed by atoms with E-state index in [2.05, 4.69) is 9.98 Å². The highest BCUT2D eigenvalue weighted by atomic mass is 35.5. The zero-order valence-corrected chi connectivity index (χ0v) is 12.2. The zero-order valence-electron chi connectivity index (χ0n) is 10.7. The second-order valence-electron chi connectivity index (χ2n) is 3.81. The van der Waals surface area contributed by atoms with Crippen molar-refractivity contribution in [3.63, 3.8) is 0 Å². The average Bonchev–Trinajstić information content (AvgIpc) is 2.41. The summed E-state index contributed by atoms with van der Waals surface area (Å²) in [6.45, 7) is 2.65. The lowest BCUT2D eigenvalue weighted by molar-refractivity contribution is -0.142.